The van der Waals surface area contributed by atoms with Crippen molar-refractivity contribution in [3.63, 3.8) is 0 Å². The molecule has 27 heavy (non-hydrogen) atoms. The number of nitrogens with one attached hydrogen (secondary N) is 1. The molecule has 4 rings (SSSR count). The lowest BCUT2D eigenvalue weighted by molar-refractivity contribution is -0.118. The summed E-state index contributed by atoms with van der Waals surface area (Å²) in [5, 5.41) is 2.68. The number of aromatic nitrogens is 1. The highest BCUT2D eigenvalue weighted by Gasteiger charge is 2.80. The van der Waals surface area contributed by atoms with Crippen molar-refractivity contribution in [2.75, 3.05) is 5.32 Å². The van der Waals surface area contributed by atoms with E-state index in [-0.39, 0.29) is 12.2 Å². The van der Waals surface area contributed by atoms with E-state index >= 15 is 0 Å². The molecule has 2 unspecified atom stereocenters. The van der Waals surface area contributed by atoms with Crippen molar-refractivity contribution < 1.29 is 18.3 Å². The second-order valence-corrected chi connectivity index (χ2v) is 7.43. The first-order valence-corrected chi connectivity index (χ1v) is 9.32. The van der Waals surface area contributed by atoms with Crippen LogP contribution in [-0.4, -0.2) is 16.8 Å². The molecule has 1 heterocycles. The molecule has 4 nitrogen and oxygen atoms in total. The normalized spacial score (nSPS) is 25.3. The highest BCUT2D eigenvalue weighted by Crippen LogP contribution is 2.73. The molecular formula is C21H22F2N2O2. The van der Waals surface area contributed by atoms with Crippen LogP contribution in [0.25, 0.3) is 0 Å². The average Bonchev–Trinajstić information content (AvgIpc) is 3.16. The van der Waals surface area contributed by atoms with E-state index in [1.807, 2.05) is 30.3 Å². The number of amides is 1. The van der Waals surface area contributed by atoms with Crippen LogP contribution in [0.3, 0.4) is 0 Å². The molecule has 0 aliphatic heterocycles. The monoisotopic (exact) mass is 372 g/mol. The maximum atomic E-state index is 14.2. The number of pyridine rings is 1. The Morgan fingerprint density at radius 2 is 2.00 bits per heavy atom. The van der Waals surface area contributed by atoms with Crippen molar-refractivity contribution in [2.24, 2.45) is 11.3 Å². The smallest absolute Gasteiger partial charge is 0.258 e. The van der Waals surface area contributed by atoms with Crippen molar-refractivity contribution in [1.82, 2.24) is 4.98 Å². The number of benzene rings is 1. The van der Waals surface area contributed by atoms with E-state index in [0.717, 1.165) is 18.4 Å². The van der Waals surface area contributed by atoms with Gasteiger partial charge in [0.05, 0.1) is 5.41 Å². The molecule has 0 saturated heterocycles. The van der Waals surface area contributed by atoms with Crippen LogP contribution in [-0.2, 0) is 11.4 Å². The average molecular weight is 372 g/mol. The lowest BCUT2D eigenvalue weighted by Gasteiger charge is -2.20. The second kappa shape index (κ2) is 6.91. The van der Waals surface area contributed by atoms with Gasteiger partial charge >= 0.3 is 0 Å². The molecule has 2 aliphatic carbocycles. The zero-order valence-electron chi connectivity index (χ0n) is 15.0. The first-order chi connectivity index (χ1) is 13.0. The molecule has 2 atom stereocenters. The molecule has 2 saturated carbocycles. The van der Waals surface area contributed by atoms with Gasteiger partial charge in [0.2, 0.25) is 5.91 Å². The van der Waals surface area contributed by atoms with E-state index in [2.05, 4.69) is 10.3 Å². The highest BCUT2D eigenvalue weighted by molar-refractivity contribution is 5.92. The predicted octanol–water partition coefficient (Wildman–Crippen LogP) is 4.81. The highest BCUT2D eigenvalue weighted by atomic mass is 19.3. The van der Waals surface area contributed by atoms with Gasteiger partial charge in [-0.3, -0.25) is 4.79 Å². The van der Waals surface area contributed by atoms with Gasteiger partial charge < -0.3 is 10.1 Å². The summed E-state index contributed by atoms with van der Waals surface area (Å²) in [5.74, 6) is -3.11. The number of nitrogens with zero attached hydrogens (tertiary/aromatic N) is 1. The fraction of sp³-hybridized carbons (Fsp3) is 0.429. The molecule has 2 aliphatic rings. The van der Waals surface area contributed by atoms with Crippen LogP contribution >= 0.6 is 0 Å². The summed E-state index contributed by atoms with van der Waals surface area (Å²) in [6.45, 7) is 0.333. The summed E-state index contributed by atoms with van der Waals surface area (Å²) in [7, 11) is 0. The summed E-state index contributed by atoms with van der Waals surface area (Å²) in [5.41, 5.74) is -0.171. The van der Waals surface area contributed by atoms with Crippen molar-refractivity contribution in [3.8, 4) is 5.75 Å². The minimum absolute atomic E-state index is 0.167. The molecule has 1 aromatic heterocycles. The molecule has 142 valence electrons. The van der Waals surface area contributed by atoms with Crippen LogP contribution in [0.5, 0.6) is 5.75 Å². The van der Waals surface area contributed by atoms with Gasteiger partial charge in [-0.2, -0.15) is 0 Å². The SMILES string of the molecule is O=C(CC12CCCCC1C2(F)F)Nc1ncccc1OCc1ccccc1. The van der Waals surface area contributed by atoms with Gasteiger partial charge in [-0.15, -0.1) is 0 Å². The van der Waals surface area contributed by atoms with E-state index in [1.54, 1.807) is 18.3 Å². The minimum atomic E-state index is -2.72. The molecule has 2 fully saturated rings. The Labute approximate surface area is 157 Å². The summed E-state index contributed by atoms with van der Waals surface area (Å²) in [4.78, 5) is 16.6. The fourth-order valence-electron chi connectivity index (χ4n) is 4.31. The number of anilines is 1. The number of carbonyl (C=O) groups excluding carboxylic acids is 1. The number of carbonyl (C=O) groups is 1. The Morgan fingerprint density at radius 3 is 2.78 bits per heavy atom. The molecular weight excluding hydrogens is 350 g/mol. The minimum Gasteiger partial charge on any atom is -0.485 e. The van der Waals surface area contributed by atoms with Crippen LogP contribution < -0.4 is 10.1 Å². The predicted molar refractivity (Wildman–Crippen MR) is 97.6 cm³/mol. The lowest BCUT2D eigenvalue weighted by atomic mass is 9.85. The summed E-state index contributed by atoms with van der Waals surface area (Å²) in [6, 6.07) is 13.0. The van der Waals surface area contributed by atoms with Crippen molar-refractivity contribution >= 4 is 11.7 Å². The Balaban J connectivity index is 1.41. The third kappa shape index (κ3) is 3.29. The Hall–Kier alpha value is -2.50. The number of fused-ring (bicyclic) bond motifs is 1. The van der Waals surface area contributed by atoms with Crippen LogP contribution in [0.4, 0.5) is 14.6 Å². The van der Waals surface area contributed by atoms with Gasteiger partial charge in [-0.05, 0) is 30.5 Å². The van der Waals surface area contributed by atoms with E-state index in [9.17, 15) is 13.6 Å². The van der Waals surface area contributed by atoms with Gasteiger partial charge in [0.15, 0.2) is 11.6 Å². The van der Waals surface area contributed by atoms with Crippen LogP contribution in [0.2, 0.25) is 0 Å². The molecule has 1 N–H and O–H groups in total. The van der Waals surface area contributed by atoms with Gasteiger partial charge in [0.1, 0.15) is 6.61 Å². The van der Waals surface area contributed by atoms with E-state index in [4.69, 9.17) is 4.74 Å². The molecule has 0 bridgehead atoms. The number of hydrogen-bond donors (Lipinski definition) is 1. The Bertz CT molecular complexity index is 828. The maximum Gasteiger partial charge on any atom is 0.258 e. The molecule has 1 amide bonds. The summed E-state index contributed by atoms with van der Waals surface area (Å²) in [6.07, 6.45) is 3.88. The maximum absolute atomic E-state index is 14.2. The largest absolute Gasteiger partial charge is 0.485 e. The topological polar surface area (TPSA) is 51.2 Å². The zero-order chi connectivity index (χ0) is 18.9. The molecule has 0 spiro atoms. The number of rotatable bonds is 6. The molecule has 0 radical (unpaired) electrons. The first-order valence-electron chi connectivity index (χ1n) is 9.32. The first kappa shape index (κ1) is 17.9. The van der Waals surface area contributed by atoms with E-state index < -0.39 is 23.2 Å². The zero-order valence-corrected chi connectivity index (χ0v) is 15.0. The molecule has 6 heteroatoms. The van der Waals surface area contributed by atoms with Crippen molar-refractivity contribution in [1.29, 1.82) is 0 Å². The number of hydrogen-bond acceptors (Lipinski definition) is 3. The van der Waals surface area contributed by atoms with Crippen molar-refractivity contribution in [3.05, 3.63) is 54.2 Å². The Kier molecular flexibility index (Phi) is 4.58. The second-order valence-electron chi connectivity index (χ2n) is 7.43. The summed E-state index contributed by atoms with van der Waals surface area (Å²) < 4.78 is 34.2. The van der Waals surface area contributed by atoms with Crippen LogP contribution in [0.1, 0.15) is 37.7 Å². The number of halogens is 2. The summed E-state index contributed by atoms with van der Waals surface area (Å²) >= 11 is 0. The lowest BCUT2D eigenvalue weighted by Crippen LogP contribution is -2.23. The fourth-order valence-corrected chi connectivity index (χ4v) is 4.31. The van der Waals surface area contributed by atoms with E-state index in [1.165, 1.54) is 0 Å². The van der Waals surface area contributed by atoms with Gasteiger partial charge in [0, 0.05) is 18.5 Å². The van der Waals surface area contributed by atoms with Gasteiger partial charge in [-0.1, -0.05) is 43.2 Å². The van der Waals surface area contributed by atoms with Crippen LogP contribution in [0.15, 0.2) is 48.7 Å². The van der Waals surface area contributed by atoms with Gasteiger partial charge in [-0.25, -0.2) is 13.8 Å². The van der Waals surface area contributed by atoms with Crippen molar-refractivity contribution in [2.45, 2.75) is 44.6 Å². The van der Waals surface area contributed by atoms with Crippen LogP contribution in [0, 0.1) is 11.3 Å². The third-order valence-corrected chi connectivity index (χ3v) is 5.79. The van der Waals surface area contributed by atoms with E-state index in [0.29, 0.717) is 25.2 Å². The Morgan fingerprint density at radius 1 is 1.19 bits per heavy atom. The van der Waals surface area contributed by atoms with Gasteiger partial charge in [0.25, 0.3) is 5.92 Å². The number of ether oxygens (including phenoxy) is 1. The quantitative estimate of drug-likeness (QED) is 0.791. The molecule has 1 aromatic carbocycles. The third-order valence-electron chi connectivity index (χ3n) is 5.79. The number of alkyl halides is 2. The standard InChI is InChI=1S/C21H22F2N2O2/c22-21(23)17-10-4-5-11-20(17,21)13-18(26)25-19-16(9-6-12-24-19)27-14-15-7-2-1-3-8-15/h1-3,6-9,12,17H,4-5,10-11,13-14H2,(H,24,25,26). The molecule has 2 aromatic rings.